The van der Waals surface area contributed by atoms with Crippen molar-refractivity contribution in [2.75, 3.05) is 45.8 Å². The van der Waals surface area contributed by atoms with Crippen molar-refractivity contribution >= 4 is 11.9 Å². The highest BCUT2D eigenvalue weighted by Gasteiger charge is 2.35. The average Bonchev–Trinajstić information content (AvgIpc) is 3.25. The molecule has 2 aliphatic rings. The van der Waals surface area contributed by atoms with E-state index in [9.17, 15) is 19.8 Å². The smallest absolute Gasteiger partial charge is 0.335 e. The molecule has 8 nitrogen and oxygen atoms in total. The SMILES string of the molecule is C=CCN1C[C@H](C)N(C(c2cccc(O)c2)c2cccc(C(=O)N3CCCN(Cc4cccc(C(=O)O)c4)CC3)c2)C[C@H]1C. The molecule has 0 aliphatic carbocycles. The summed E-state index contributed by atoms with van der Waals surface area (Å²) >= 11 is 0. The van der Waals surface area contributed by atoms with Gasteiger partial charge in [0.15, 0.2) is 0 Å². The van der Waals surface area contributed by atoms with Gasteiger partial charge in [-0.2, -0.15) is 0 Å². The van der Waals surface area contributed by atoms with Gasteiger partial charge in [-0.05, 0) is 73.4 Å². The van der Waals surface area contributed by atoms with E-state index in [4.69, 9.17) is 0 Å². The Morgan fingerprint density at radius 2 is 1.61 bits per heavy atom. The normalized spacial score (nSPS) is 21.0. The van der Waals surface area contributed by atoms with Gasteiger partial charge in [-0.3, -0.25) is 19.5 Å². The number of nitrogens with zero attached hydrogens (tertiary/aromatic N) is 4. The molecule has 5 rings (SSSR count). The predicted octanol–water partition coefficient (Wildman–Crippen LogP) is 5.11. The summed E-state index contributed by atoms with van der Waals surface area (Å²) in [4.78, 5) is 34.4. The number of amides is 1. The van der Waals surface area contributed by atoms with E-state index in [2.05, 4.69) is 47.3 Å². The Kier molecular flexibility index (Phi) is 10.1. The number of phenols is 1. The van der Waals surface area contributed by atoms with E-state index >= 15 is 0 Å². The molecule has 8 heteroatoms. The van der Waals surface area contributed by atoms with Gasteiger partial charge >= 0.3 is 5.97 Å². The van der Waals surface area contributed by atoms with Gasteiger partial charge in [-0.15, -0.1) is 6.58 Å². The van der Waals surface area contributed by atoms with Gasteiger partial charge < -0.3 is 15.1 Å². The van der Waals surface area contributed by atoms with E-state index in [1.165, 1.54) is 0 Å². The Bertz CT molecular complexity index is 1480. The third-order valence-corrected chi connectivity index (χ3v) is 8.95. The number of hydrogen-bond acceptors (Lipinski definition) is 6. The molecule has 2 aliphatic heterocycles. The maximum absolute atomic E-state index is 13.9. The number of carboxylic acid groups (broad SMARTS) is 1. The number of carbonyl (C=O) groups is 2. The van der Waals surface area contributed by atoms with Crippen LogP contribution in [-0.4, -0.2) is 99.6 Å². The molecule has 2 fully saturated rings. The first kappa shape index (κ1) is 31.4. The summed E-state index contributed by atoms with van der Waals surface area (Å²) in [5, 5.41) is 19.7. The summed E-state index contributed by atoms with van der Waals surface area (Å²) in [6.45, 7) is 14.5. The van der Waals surface area contributed by atoms with E-state index < -0.39 is 5.97 Å². The Morgan fingerprint density at radius 1 is 0.886 bits per heavy atom. The van der Waals surface area contributed by atoms with Gasteiger partial charge in [0.1, 0.15) is 5.75 Å². The molecule has 2 heterocycles. The number of aromatic carboxylic acids is 1. The molecule has 0 radical (unpaired) electrons. The minimum Gasteiger partial charge on any atom is -0.508 e. The van der Waals surface area contributed by atoms with Crippen molar-refractivity contribution in [2.45, 2.75) is 44.9 Å². The molecular formula is C36H44N4O4. The number of rotatable bonds is 9. The summed E-state index contributed by atoms with van der Waals surface area (Å²) in [6.07, 6.45) is 2.81. The second-order valence-corrected chi connectivity index (χ2v) is 12.2. The number of phenolic OH excluding ortho intramolecular Hbond substituents is 1. The summed E-state index contributed by atoms with van der Waals surface area (Å²) in [5.41, 5.74) is 3.96. The maximum atomic E-state index is 13.9. The van der Waals surface area contributed by atoms with Crippen LogP contribution in [0.5, 0.6) is 5.75 Å². The molecule has 0 saturated carbocycles. The van der Waals surface area contributed by atoms with Gasteiger partial charge in [0, 0.05) is 70.0 Å². The first-order valence-electron chi connectivity index (χ1n) is 15.6. The van der Waals surface area contributed by atoms with Gasteiger partial charge in [-0.1, -0.05) is 42.5 Å². The molecule has 2 N–H and O–H groups in total. The number of hydrogen-bond donors (Lipinski definition) is 2. The first-order valence-corrected chi connectivity index (χ1v) is 15.6. The molecule has 3 aromatic carbocycles. The summed E-state index contributed by atoms with van der Waals surface area (Å²) in [6, 6.07) is 23.0. The van der Waals surface area contributed by atoms with Gasteiger partial charge in [-0.25, -0.2) is 4.79 Å². The molecule has 2 saturated heterocycles. The zero-order valence-electron chi connectivity index (χ0n) is 25.8. The molecule has 3 atom stereocenters. The molecular weight excluding hydrogens is 552 g/mol. The Morgan fingerprint density at radius 3 is 2.36 bits per heavy atom. The molecule has 0 bridgehead atoms. The van der Waals surface area contributed by atoms with Crippen molar-refractivity contribution < 1.29 is 19.8 Å². The lowest BCUT2D eigenvalue weighted by atomic mass is 9.92. The monoisotopic (exact) mass is 596 g/mol. The molecule has 232 valence electrons. The lowest BCUT2D eigenvalue weighted by Gasteiger charge is -2.47. The third-order valence-electron chi connectivity index (χ3n) is 8.95. The van der Waals surface area contributed by atoms with Crippen molar-refractivity contribution in [1.29, 1.82) is 0 Å². The van der Waals surface area contributed by atoms with E-state index in [0.29, 0.717) is 36.8 Å². The zero-order valence-corrected chi connectivity index (χ0v) is 25.8. The van der Waals surface area contributed by atoms with Crippen LogP contribution in [0, 0.1) is 0 Å². The lowest BCUT2D eigenvalue weighted by molar-refractivity contribution is 0.0306. The highest BCUT2D eigenvalue weighted by atomic mass is 16.4. The maximum Gasteiger partial charge on any atom is 0.335 e. The minimum absolute atomic E-state index is 0.0217. The number of carbonyl (C=O) groups excluding carboxylic acids is 1. The number of carboxylic acids is 1. The van der Waals surface area contributed by atoms with E-state index in [-0.39, 0.29) is 23.7 Å². The summed E-state index contributed by atoms with van der Waals surface area (Å²) < 4.78 is 0. The van der Waals surface area contributed by atoms with Gasteiger partial charge in [0.2, 0.25) is 0 Å². The van der Waals surface area contributed by atoms with E-state index in [1.54, 1.807) is 24.3 Å². The Labute approximate surface area is 260 Å². The predicted molar refractivity (Wildman–Crippen MR) is 173 cm³/mol. The van der Waals surface area contributed by atoms with Gasteiger partial charge in [0.25, 0.3) is 5.91 Å². The van der Waals surface area contributed by atoms with Crippen molar-refractivity contribution in [2.24, 2.45) is 0 Å². The number of piperazine rings is 1. The summed E-state index contributed by atoms with van der Waals surface area (Å²) in [7, 11) is 0. The molecule has 0 spiro atoms. The lowest BCUT2D eigenvalue weighted by Crippen LogP contribution is -2.57. The highest BCUT2D eigenvalue weighted by Crippen LogP contribution is 2.35. The fourth-order valence-corrected chi connectivity index (χ4v) is 6.69. The average molecular weight is 597 g/mol. The fraction of sp³-hybridized carbons (Fsp3) is 0.389. The molecule has 3 aromatic rings. The standard InChI is InChI=1S/C36H44N4O4/c1-4-15-39-23-27(3)40(24-26(39)2)34(30-11-7-14-33(41)22-30)29-10-6-12-31(21-29)35(42)38-17-8-16-37(18-19-38)25-28-9-5-13-32(20-28)36(43)44/h4-7,9-14,20-22,26-27,34,41H,1,8,15-19,23-25H2,2-3H3,(H,43,44)/t26-,27+,34?/m1/s1. The van der Waals surface area contributed by atoms with Crippen LogP contribution in [0.1, 0.15) is 63.7 Å². The molecule has 1 unspecified atom stereocenters. The first-order chi connectivity index (χ1) is 21.2. The highest BCUT2D eigenvalue weighted by molar-refractivity contribution is 5.94. The Balaban J connectivity index is 1.34. The van der Waals surface area contributed by atoms with E-state index in [1.807, 2.05) is 47.4 Å². The topological polar surface area (TPSA) is 87.6 Å². The van der Waals surface area contributed by atoms with Crippen LogP contribution < -0.4 is 0 Å². The van der Waals surface area contributed by atoms with Crippen molar-refractivity contribution in [1.82, 2.24) is 19.6 Å². The molecule has 44 heavy (non-hydrogen) atoms. The van der Waals surface area contributed by atoms with Gasteiger partial charge in [0.05, 0.1) is 11.6 Å². The molecule has 1 amide bonds. The van der Waals surface area contributed by atoms with Crippen LogP contribution in [0.2, 0.25) is 0 Å². The number of aromatic hydroxyl groups is 1. The van der Waals surface area contributed by atoms with Crippen LogP contribution in [0.25, 0.3) is 0 Å². The van der Waals surface area contributed by atoms with Crippen molar-refractivity contribution in [3.63, 3.8) is 0 Å². The zero-order chi connectivity index (χ0) is 31.2. The van der Waals surface area contributed by atoms with Crippen LogP contribution in [0.3, 0.4) is 0 Å². The van der Waals surface area contributed by atoms with Crippen LogP contribution in [0.15, 0.2) is 85.5 Å². The van der Waals surface area contributed by atoms with Crippen LogP contribution >= 0.6 is 0 Å². The number of benzene rings is 3. The molecule has 0 aromatic heterocycles. The van der Waals surface area contributed by atoms with Crippen LogP contribution in [-0.2, 0) is 6.54 Å². The largest absolute Gasteiger partial charge is 0.508 e. The second-order valence-electron chi connectivity index (χ2n) is 12.2. The third kappa shape index (κ3) is 7.38. The Hall–Kier alpha value is -3.98. The fourth-order valence-electron chi connectivity index (χ4n) is 6.69. The second kappa shape index (κ2) is 14.2. The van der Waals surface area contributed by atoms with Crippen molar-refractivity contribution in [3.8, 4) is 5.75 Å². The quantitative estimate of drug-likeness (QED) is 0.332. The summed E-state index contributed by atoms with van der Waals surface area (Å²) in [5.74, 6) is -0.671. The minimum atomic E-state index is -0.924. The van der Waals surface area contributed by atoms with Crippen LogP contribution in [0.4, 0.5) is 0 Å². The van der Waals surface area contributed by atoms with Crippen molar-refractivity contribution in [3.05, 3.63) is 113 Å². The van der Waals surface area contributed by atoms with E-state index in [0.717, 1.165) is 55.8 Å².